The number of sulfone groups is 1. The highest BCUT2D eigenvalue weighted by molar-refractivity contribution is 9.09. The van der Waals surface area contributed by atoms with E-state index in [1.54, 1.807) is 20.8 Å². The quantitative estimate of drug-likeness (QED) is 0.699. The van der Waals surface area contributed by atoms with Gasteiger partial charge in [0.2, 0.25) is 0 Å². The monoisotopic (exact) mass is 312 g/mol. The van der Waals surface area contributed by atoms with Crippen LogP contribution in [0.3, 0.4) is 0 Å². The van der Waals surface area contributed by atoms with E-state index in [0.717, 1.165) is 24.6 Å². The zero-order valence-electron chi connectivity index (χ0n) is 11.1. The smallest absolute Gasteiger partial charge is 0.155 e. The summed E-state index contributed by atoms with van der Waals surface area (Å²) in [4.78, 5) is 0. The predicted octanol–water partition coefficient (Wildman–Crippen LogP) is 3.79. The van der Waals surface area contributed by atoms with Crippen LogP contribution < -0.4 is 0 Å². The van der Waals surface area contributed by atoms with Gasteiger partial charge in [-0.15, -0.1) is 0 Å². The lowest BCUT2D eigenvalue weighted by Gasteiger charge is -2.28. The number of rotatable bonds is 6. The summed E-state index contributed by atoms with van der Waals surface area (Å²) in [6.07, 6.45) is 2.90. The van der Waals surface area contributed by atoms with Crippen molar-refractivity contribution in [1.82, 2.24) is 0 Å². The van der Waals surface area contributed by atoms with E-state index in [2.05, 4.69) is 29.8 Å². The van der Waals surface area contributed by atoms with E-state index in [0.29, 0.717) is 5.75 Å². The first-order valence-electron chi connectivity index (χ1n) is 5.86. The van der Waals surface area contributed by atoms with E-state index < -0.39 is 14.6 Å². The van der Waals surface area contributed by atoms with Gasteiger partial charge >= 0.3 is 0 Å². The molecule has 0 saturated heterocycles. The maximum Gasteiger partial charge on any atom is 0.155 e. The first-order chi connectivity index (χ1) is 7.08. The van der Waals surface area contributed by atoms with Crippen LogP contribution in [0, 0.1) is 5.41 Å². The molecule has 16 heavy (non-hydrogen) atoms. The molecule has 0 aromatic heterocycles. The summed E-state index contributed by atoms with van der Waals surface area (Å²) in [5.74, 6) is 0.290. The lowest BCUT2D eigenvalue weighted by molar-refractivity contribution is 0.329. The normalized spacial score (nSPS) is 17.1. The van der Waals surface area contributed by atoms with Gasteiger partial charge in [-0.2, -0.15) is 0 Å². The van der Waals surface area contributed by atoms with Crippen molar-refractivity contribution in [2.45, 2.75) is 58.6 Å². The molecular weight excluding hydrogens is 288 g/mol. The maximum absolute atomic E-state index is 12.0. The molecule has 4 heteroatoms. The summed E-state index contributed by atoms with van der Waals surface area (Å²) in [7, 11) is -2.98. The highest BCUT2D eigenvalue weighted by atomic mass is 79.9. The van der Waals surface area contributed by atoms with Gasteiger partial charge in [-0.05, 0) is 39.0 Å². The van der Waals surface area contributed by atoms with Crippen LogP contribution in [0.2, 0.25) is 0 Å². The third-order valence-electron chi connectivity index (χ3n) is 3.08. The molecule has 0 radical (unpaired) electrons. The molecule has 0 amide bonds. The highest BCUT2D eigenvalue weighted by Gasteiger charge is 2.32. The minimum atomic E-state index is -2.98. The average Bonchev–Trinajstić information content (AvgIpc) is 2.14. The molecule has 98 valence electrons. The number of halogens is 1. The van der Waals surface area contributed by atoms with Crippen LogP contribution in [-0.2, 0) is 9.84 Å². The molecule has 1 atom stereocenters. The third kappa shape index (κ3) is 4.74. The molecule has 0 fully saturated rings. The second kappa shape index (κ2) is 5.85. The van der Waals surface area contributed by atoms with Crippen molar-refractivity contribution in [3.63, 3.8) is 0 Å². The number of hydrogen-bond donors (Lipinski definition) is 0. The fraction of sp³-hybridized carbons (Fsp3) is 1.00. The Balaban J connectivity index is 4.56. The molecule has 0 spiro atoms. The van der Waals surface area contributed by atoms with E-state index in [4.69, 9.17) is 0 Å². The minimum Gasteiger partial charge on any atom is -0.228 e. The standard InChI is InChI=1S/C12H25BrO2S/c1-6-7-12(5,10-13)8-9-16(14,15)11(2,3)4/h6-10H2,1-5H3. The molecule has 0 aliphatic heterocycles. The molecule has 0 saturated carbocycles. The third-order valence-corrected chi connectivity index (χ3v) is 7.04. The van der Waals surface area contributed by atoms with E-state index in [1.165, 1.54) is 0 Å². The van der Waals surface area contributed by atoms with Gasteiger partial charge in [0, 0.05) is 5.33 Å². The Morgan fingerprint density at radius 1 is 1.06 bits per heavy atom. The molecule has 0 N–H and O–H groups in total. The molecule has 0 aliphatic carbocycles. The van der Waals surface area contributed by atoms with Gasteiger partial charge in [0.25, 0.3) is 0 Å². The average molecular weight is 313 g/mol. The Hall–Kier alpha value is 0.430. The summed E-state index contributed by atoms with van der Waals surface area (Å²) in [6.45, 7) is 9.61. The van der Waals surface area contributed by atoms with E-state index in [-0.39, 0.29) is 5.41 Å². The van der Waals surface area contributed by atoms with E-state index >= 15 is 0 Å². The second-order valence-electron chi connectivity index (χ2n) is 5.88. The summed E-state index contributed by atoms with van der Waals surface area (Å²) >= 11 is 3.50. The summed E-state index contributed by atoms with van der Waals surface area (Å²) < 4.78 is 23.4. The minimum absolute atomic E-state index is 0.104. The number of hydrogen-bond acceptors (Lipinski definition) is 2. The van der Waals surface area contributed by atoms with Crippen LogP contribution in [0.5, 0.6) is 0 Å². The van der Waals surface area contributed by atoms with Crippen molar-refractivity contribution in [2.24, 2.45) is 5.41 Å². The SMILES string of the molecule is CCCC(C)(CBr)CCS(=O)(=O)C(C)(C)C. The second-order valence-corrected chi connectivity index (χ2v) is 9.30. The van der Waals surface area contributed by atoms with E-state index in [9.17, 15) is 8.42 Å². The van der Waals surface area contributed by atoms with Crippen molar-refractivity contribution in [2.75, 3.05) is 11.1 Å². The number of alkyl halides is 1. The molecule has 1 unspecified atom stereocenters. The van der Waals surface area contributed by atoms with Crippen LogP contribution in [0.25, 0.3) is 0 Å². The summed E-state index contributed by atoms with van der Waals surface area (Å²) in [6, 6.07) is 0. The molecule has 0 heterocycles. The fourth-order valence-electron chi connectivity index (χ4n) is 1.55. The Morgan fingerprint density at radius 3 is 1.88 bits per heavy atom. The molecule has 0 aliphatic rings. The van der Waals surface area contributed by atoms with Crippen molar-refractivity contribution in [3.8, 4) is 0 Å². The first-order valence-corrected chi connectivity index (χ1v) is 8.63. The van der Waals surface area contributed by atoms with Crippen molar-refractivity contribution >= 4 is 25.8 Å². The van der Waals surface area contributed by atoms with Crippen molar-refractivity contribution < 1.29 is 8.42 Å². The Bertz CT molecular complexity index is 303. The molecule has 2 nitrogen and oxygen atoms in total. The zero-order chi connectivity index (χ0) is 13.0. The van der Waals surface area contributed by atoms with Gasteiger partial charge in [-0.1, -0.05) is 36.2 Å². The molecule has 0 rings (SSSR count). The van der Waals surface area contributed by atoms with E-state index in [1.807, 2.05) is 0 Å². The molecule has 0 aromatic carbocycles. The summed E-state index contributed by atoms with van der Waals surface area (Å²) in [5, 5.41) is 0.869. The fourth-order valence-corrected chi connectivity index (χ4v) is 3.48. The Morgan fingerprint density at radius 2 is 1.56 bits per heavy atom. The molecule has 0 aromatic rings. The molecular formula is C12H25BrO2S. The Kier molecular flexibility index (Phi) is 6.01. The van der Waals surface area contributed by atoms with Gasteiger partial charge in [0.15, 0.2) is 9.84 Å². The summed E-state index contributed by atoms with van der Waals surface area (Å²) in [5.41, 5.74) is 0.104. The predicted molar refractivity (Wildman–Crippen MR) is 75.0 cm³/mol. The Labute approximate surface area is 109 Å². The van der Waals surface area contributed by atoms with Gasteiger partial charge in [-0.3, -0.25) is 0 Å². The largest absolute Gasteiger partial charge is 0.228 e. The molecule has 0 bridgehead atoms. The van der Waals surface area contributed by atoms with Crippen LogP contribution in [0.4, 0.5) is 0 Å². The zero-order valence-corrected chi connectivity index (χ0v) is 13.5. The van der Waals surface area contributed by atoms with Gasteiger partial charge in [0.05, 0.1) is 10.5 Å². The van der Waals surface area contributed by atoms with Crippen LogP contribution in [0.1, 0.15) is 53.9 Å². The van der Waals surface area contributed by atoms with Crippen LogP contribution in [0.15, 0.2) is 0 Å². The first kappa shape index (κ1) is 16.4. The van der Waals surface area contributed by atoms with Gasteiger partial charge in [0.1, 0.15) is 0 Å². The van der Waals surface area contributed by atoms with Gasteiger partial charge < -0.3 is 0 Å². The van der Waals surface area contributed by atoms with Crippen LogP contribution in [-0.4, -0.2) is 24.2 Å². The van der Waals surface area contributed by atoms with Crippen molar-refractivity contribution in [3.05, 3.63) is 0 Å². The van der Waals surface area contributed by atoms with Crippen molar-refractivity contribution in [1.29, 1.82) is 0 Å². The van der Waals surface area contributed by atoms with Gasteiger partial charge in [-0.25, -0.2) is 8.42 Å². The lowest BCUT2D eigenvalue weighted by atomic mass is 9.85. The van der Waals surface area contributed by atoms with Crippen LogP contribution >= 0.6 is 15.9 Å². The maximum atomic E-state index is 12.0. The topological polar surface area (TPSA) is 34.1 Å². The highest BCUT2D eigenvalue weighted by Crippen LogP contribution is 2.31. The lowest BCUT2D eigenvalue weighted by Crippen LogP contribution is -2.33.